The van der Waals surface area contributed by atoms with Crippen LogP contribution < -0.4 is 5.73 Å². The van der Waals surface area contributed by atoms with Crippen LogP contribution >= 0.6 is 0 Å². The molecule has 1 aromatic heterocycles. The lowest BCUT2D eigenvalue weighted by Crippen LogP contribution is -2.57. The average Bonchev–Trinajstić information content (AvgIpc) is 2.80. The Morgan fingerprint density at radius 3 is 2.47 bits per heavy atom. The minimum Gasteiger partial charge on any atom is -0.455 e. The van der Waals surface area contributed by atoms with E-state index in [0.717, 1.165) is 19.4 Å². The van der Waals surface area contributed by atoms with Crippen LogP contribution in [0.15, 0.2) is 16.5 Å². The van der Waals surface area contributed by atoms with Crippen molar-refractivity contribution in [1.29, 1.82) is 0 Å². The highest BCUT2D eigenvalue weighted by molar-refractivity contribution is 5.91. The van der Waals surface area contributed by atoms with Gasteiger partial charge in [0.2, 0.25) is 0 Å². The zero-order valence-corrected chi connectivity index (χ0v) is 12.0. The van der Waals surface area contributed by atoms with Crippen LogP contribution in [0.3, 0.4) is 0 Å². The van der Waals surface area contributed by atoms with Crippen molar-refractivity contribution in [1.82, 2.24) is 9.80 Å². The third-order valence-electron chi connectivity index (χ3n) is 4.18. The van der Waals surface area contributed by atoms with Gasteiger partial charge in [-0.25, -0.2) is 0 Å². The number of likely N-dealkylation sites (N-methyl/N-ethyl adjacent to an activating group) is 2. The van der Waals surface area contributed by atoms with Crippen molar-refractivity contribution in [2.75, 3.05) is 27.7 Å². The quantitative estimate of drug-likeness (QED) is 0.871. The Labute approximate surface area is 114 Å². The Hall–Kier alpha value is -1.33. The molecule has 0 radical (unpaired) electrons. The zero-order valence-electron chi connectivity index (χ0n) is 12.0. The fourth-order valence-corrected chi connectivity index (χ4v) is 2.64. The monoisotopic (exact) mass is 265 g/mol. The van der Waals surface area contributed by atoms with E-state index in [9.17, 15) is 4.79 Å². The van der Waals surface area contributed by atoms with Crippen molar-refractivity contribution >= 4 is 5.91 Å². The predicted octanol–water partition coefficient (Wildman–Crippen LogP) is 1.29. The summed E-state index contributed by atoms with van der Waals surface area (Å²) in [6, 6.07) is 3.45. The molecular formula is C14H23N3O2. The molecule has 2 rings (SSSR count). The van der Waals surface area contributed by atoms with Crippen molar-refractivity contribution in [2.45, 2.75) is 31.3 Å². The van der Waals surface area contributed by atoms with Gasteiger partial charge in [-0.2, -0.15) is 0 Å². The Balaban J connectivity index is 2.03. The van der Waals surface area contributed by atoms with Crippen LogP contribution in [0.2, 0.25) is 0 Å². The molecule has 1 amide bonds. The molecule has 0 spiro atoms. The molecule has 2 N–H and O–H groups in total. The van der Waals surface area contributed by atoms with Crippen LogP contribution in [0.25, 0.3) is 0 Å². The lowest BCUT2D eigenvalue weighted by atomic mass is 9.75. The van der Waals surface area contributed by atoms with Crippen LogP contribution in [0.5, 0.6) is 0 Å². The molecular weight excluding hydrogens is 242 g/mol. The van der Waals surface area contributed by atoms with Gasteiger partial charge in [-0.15, -0.1) is 0 Å². The molecule has 0 aliphatic heterocycles. The summed E-state index contributed by atoms with van der Waals surface area (Å²) < 4.78 is 5.41. The standard InChI is InChI=1S/C14H23N3O2/c1-16(2)14(7-4-8-14)10-17(3)13(18)12-6-5-11(9-15)19-12/h5-6H,4,7-10,15H2,1-3H3. The first kappa shape index (κ1) is 14.1. The number of carbonyl (C=O) groups is 1. The fourth-order valence-electron chi connectivity index (χ4n) is 2.64. The molecule has 1 heterocycles. The van der Waals surface area contributed by atoms with E-state index < -0.39 is 0 Å². The van der Waals surface area contributed by atoms with Crippen molar-refractivity contribution in [2.24, 2.45) is 5.73 Å². The summed E-state index contributed by atoms with van der Waals surface area (Å²) in [6.45, 7) is 1.05. The molecule has 19 heavy (non-hydrogen) atoms. The molecule has 1 aliphatic rings. The number of hydrogen-bond donors (Lipinski definition) is 1. The topological polar surface area (TPSA) is 62.7 Å². The molecule has 5 nitrogen and oxygen atoms in total. The van der Waals surface area contributed by atoms with Crippen LogP contribution in [-0.4, -0.2) is 48.9 Å². The van der Waals surface area contributed by atoms with E-state index in [0.29, 0.717) is 18.1 Å². The van der Waals surface area contributed by atoms with Gasteiger partial charge < -0.3 is 20.0 Å². The van der Waals surface area contributed by atoms with E-state index in [2.05, 4.69) is 19.0 Å². The van der Waals surface area contributed by atoms with Gasteiger partial charge in [0.1, 0.15) is 5.76 Å². The summed E-state index contributed by atoms with van der Waals surface area (Å²) in [5.74, 6) is 0.937. The van der Waals surface area contributed by atoms with Gasteiger partial charge in [-0.3, -0.25) is 4.79 Å². The molecule has 1 aromatic rings. The van der Waals surface area contributed by atoms with Gasteiger partial charge in [-0.1, -0.05) is 0 Å². The zero-order chi connectivity index (χ0) is 14.0. The summed E-state index contributed by atoms with van der Waals surface area (Å²) in [5, 5.41) is 0. The highest BCUT2D eigenvalue weighted by atomic mass is 16.4. The van der Waals surface area contributed by atoms with E-state index in [1.54, 1.807) is 17.0 Å². The minimum atomic E-state index is -0.0761. The van der Waals surface area contributed by atoms with E-state index in [-0.39, 0.29) is 11.4 Å². The maximum absolute atomic E-state index is 12.3. The van der Waals surface area contributed by atoms with E-state index in [1.165, 1.54) is 6.42 Å². The van der Waals surface area contributed by atoms with Gasteiger partial charge in [-0.05, 0) is 45.5 Å². The number of rotatable bonds is 5. The minimum absolute atomic E-state index is 0.0761. The molecule has 0 unspecified atom stereocenters. The van der Waals surface area contributed by atoms with Crippen molar-refractivity contribution in [3.05, 3.63) is 23.7 Å². The number of amides is 1. The molecule has 5 heteroatoms. The van der Waals surface area contributed by atoms with E-state index in [1.807, 2.05) is 7.05 Å². The number of nitrogens with two attached hydrogens (primary N) is 1. The lowest BCUT2D eigenvalue weighted by molar-refractivity contribution is 0.0239. The first-order valence-corrected chi connectivity index (χ1v) is 6.70. The van der Waals surface area contributed by atoms with Crippen LogP contribution in [0.1, 0.15) is 35.6 Å². The SMILES string of the molecule is CN(CC1(N(C)C)CCC1)C(=O)c1ccc(CN)o1. The summed E-state index contributed by atoms with van der Waals surface area (Å²) in [7, 11) is 5.99. The summed E-state index contributed by atoms with van der Waals surface area (Å²) in [4.78, 5) is 16.3. The Morgan fingerprint density at radius 1 is 1.37 bits per heavy atom. The molecule has 106 valence electrons. The second kappa shape index (κ2) is 5.35. The maximum Gasteiger partial charge on any atom is 0.289 e. The number of carbonyl (C=O) groups excluding carboxylic acids is 1. The second-order valence-electron chi connectivity index (χ2n) is 5.60. The smallest absolute Gasteiger partial charge is 0.289 e. The number of hydrogen-bond acceptors (Lipinski definition) is 4. The maximum atomic E-state index is 12.3. The fraction of sp³-hybridized carbons (Fsp3) is 0.643. The normalized spacial score (nSPS) is 17.3. The molecule has 0 bridgehead atoms. The molecule has 0 aromatic carbocycles. The van der Waals surface area contributed by atoms with E-state index >= 15 is 0 Å². The third-order valence-corrected chi connectivity index (χ3v) is 4.18. The third kappa shape index (κ3) is 2.67. The Kier molecular flexibility index (Phi) is 3.96. The Bertz CT molecular complexity index is 449. The molecule has 0 saturated heterocycles. The highest BCUT2D eigenvalue weighted by Gasteiger charge is 2.41. The van der Waals surface area contributed by atoms with Gasteiger partial charge in [0, 0.05) is 19.1 Å². The molecule has 1 aliphatic carbocycles. The first-order valence-electron chi connectivity index (χ1n) is 6.70. The van der Waals surface area contributed by atoms with Gasteiger partial charge in [0.15, 0.2) is 5.76 Å². The molecule has 1 fully saturated rings. The van der Waals surface area contributed by atoms with Crippen molar-refractivity contribution in [3.8, 4) is 0 Å². The van der Waals surface area contributed by atoms with Crippen molar-refractivity contribution in [3.63, 3.8) is 0 Å². The van der Waals surface area contributed by atoms with Gasteiger partial charge in [0.05, 0.1) is 6.54 Å². The number of nitrogens with zero attached hydrogens (tertiary/aromatic N) is 2. The first-order chi connectivity index (χ1) is 8.98. The molecule has 0 atom stereocenters. The van der Waals surface area contributed by atoms with Crippen LogP contribution in [-0.2, 0) is 6.54 Å². The average molecular weight is 265 g/mol. The second-order valence-corrected chi connectivity index (χ2v) is 5.60. The highest BCUT2D eigenvalue weighted by Crippen LogP contribution is 2.36. The Morgan fingerprint density at radius 2 is 2.05 bits per heavy atom. The summed E-state index contributed by atoms with van der Waals surface area (Å²) >= 11 is 0. The van der Waals surface area contributed by atoms with Gasteiger partial charge in [0.25, 0.3) is 5.91 Å². The van der Waals surface area contributed by atoms with E-state index in [4.69, 9.17) is 10.2 Å². The van der Waals surface area contributed by atoms with Crippen LogP contribution in [0, 0.1) is 0 Å². The largest absolute Gasteiger partial charge is 0.455 e. The predicted molar refractivity (Wildman–Crippen MR) is 73.8 cm³/mol. The number of furan rings is 1. The lowest BCUT2D eigenvalue weighted by Gasteiger charge is -2.49. The van der Waals surface area contributed by atoms with Crippen molar-refractivity contribution < 1.29 is 9.21 Å². The summed E-state index contributed by atoms with van der Waals surface area (Å²) in [6.07, 6.45) is 3.52. The summed E-state index contributed by atoms with van der Waals surface area (Å²) in [5.41, 5.74) is 5.62. The van der Waals surface area contributed by atoms with Crippen LogP contribution in [0.4, 0.5) is 0 Å². The molecule has 1 saturated carbocycles. The van der Waals surface area contributed by atoms with Gasteiger partial charge >= 0.3 is 0 Å².